The van der Waals surface area contributed by atoms with E-state index in [1.165, 1.54) is 225 Å². The van der Waals surface area contributed by atoms with Crippen molar-refractivity contribution in [2.24, 2.45) is 0 Å². The smallest absolute Gasteiger partial charge is 0.222 e. The molecule has 0 fully saturated rings. The third-order valence-electron chi connectivity index (χ3n) is 12.5. The van der Waals surface area contributed by atoms with Gasteiger partial charge in [0.15, 0.2) is 0 Å². The van der Waals surface area contributed by atoms with Crippen molar-refractivity contribution in [1.29, 1.82) is 0 Å². The molecule has 0 aliphatic heterocycles. The van der Waals surface area contributed by atoms with E-state index in [4.69, 9.17) is 0 Å². The van der Waals surface area contributed by atoms with Crippen LogP contribution in [-0.2, 0) is 4.79 Å². The van der Waals surface area contributed by atoms with Gasteiger partial charge in [-0.2, -0.15) is 0 Å². The van der Waals surface area contributed by atoms with Crippen molar-refractivity contribution >= 4 is 5.91 Å². The maximum atomic E-state index is 12.5. The average Bonchev–Trinajstić information content (AvgIpc) is 3.23. The summed E-state index contributed by atoms with van der Waals surface area (Å²) in [5.41, 5.74) is 0. The van der Waals surface area contributed by atoms with Crippen molar-refractivity contribution < 1.29 is 20.1 Å². The summed E-state index contributed by atoms with van der Waals surface area (Å²) in [5, 5.41) is 33.4. The van der Waals surface area contributed by atoms with Gasteiger partial charge in [-0.3, -0.25) is 4.79 Å². The zero-order valence-corrected chi connectivity index (χ0v) is 39.9. The van der Waals surface area contributed by atoms with Crippen LogP contribution in [0.25, 0.3) is 0 Å². The van der Waals surface area contributed by atoms with Gasteiger partial charge in [-0.1, -0.05) is 263 Å². The van der Waals surface area contributed by atoms with Gasteiger partial charge in [-0.15, -0.1) is 0 Å². The predicted molar refractivity (Wildman–Crippen MR) is 259 cm³/mol. The molecule has 5 nitrogen and oxygen atoms in total. The lowest BCUT2D eigenvalue weighted by Crippen LogP contribution is -2.46. The van der Waals surface area contributed by atoms with Crippen LogP contribution < -0.4 is 5.32 Å². The number of aliphatic hydroxyl groups excluding tert-OH is 3. The maximum Gasteiger partial charge on any atom is 0.222 e. The van der Waals surface area contributed by atoms with Crippen LogP contribution in [0.4, 0.5) is 0 Å². The Bertz CT molecular complexity index is 874. The van der Waals surface area contributed by atoms with Crippen LogP contribution in [-0.4, -0.2) is 46.1 Å². The quantitative estimate of drug-likeness (QED) is 0.0363. The molecule has 3 unspecified atom stereocenters. The molecule has 59 heavy (non-hydrogen) atoms. The number of amides is 1. The first kappa shape index (κ1) is 57.8. The highest BCUT2D eigenvalue weighted by molar-refractivity contribution is 5.76. The van der Waals surface area contributed by atoms with E-state index in [0.29, 0.717) is 12.8 Å². The van der Waals surface area contributed by atoms with E-state index in [0.717, 1.165) is 32.1 Å². The third-order valence-corrected chi connectivity index (χ3v) is 12.5. The fourth-order valence-electron chi connectivity index (χ4n) is 8.44. The minimum Gasteiger partial charge on any atom is -0.394 e. The molecule has 0 heterocycles. The number of carbonyl (C=O) groups is 1. The molecule has 0 aromatic carbocycles. The fraction of sp³-hybridized carbons (Fsp3) is 0.907. The standard InChI is InChI=1S/C54H105NO4/c1-3-5-7-9-11-13-15-16-17-18-19-20-21-22-23-24-25-26-27-28-29-30-31-32-33-34-35-36-38-39-41-43-45-47-51(57)49-54(59)55-52(50-56)53(58)48-46-44-42-40-37-14-12-10-8-6-4-2/h21-22,24-25,51-53,56-58H,3-20,23,26-50H2,1-2H3,(H,55,59)/b22-21-,25-24-. The summed E-state index contributed by atoms with van der Waals surface area (Å²) in [6.07, 6.45) is 61.9. The lowest BCUT2D eigenvalue weighted by atomic mass is 10.0. The molecule has 0 spiro atoms. The summed E-state index contributed by atoms with van der Waals surface area (Å²) in [6.45, 7) is 4.27. The first-order valence-electron chi connectivity index (χ1n) is 26.6. The molecule has 0 aromatic heterocycles. The second-order valence-corrected chi connectivity index (χ2v) is 18.5. The summed E-state index contributed by atoms with van der Waals surface area (Å²) < 4.78 is 0. The van der Waals surface area contributed by atoms with Crippen molar-refractivity contribution in [3.8, 4) is 0 Å². The van der Waals surface area contributed by atoms with Gasteiger partial charge in [-0.25, -0.2) is 0 Å². The monoisotopic (exact) mass is 832 g/mol. The molecule has 0 saturated heterocycles. The zero-order chi connectivity index (χ0) is 43.0. The highest BCUT2D eigenvalue weighted by Crippen LogP contribution is 2.17. The minimum absolute atomic E-state index is 0.0388. The average molecular weight is 832 g/mol. The third kappa shape index (κ3) is 46.2. The predicted octanol–water partition coefficient (Wildman–Crippen LogP) is 16.1. The van der Waals surface area contributed by atoms with E-state index in [9.17, 15) is 20.1 Å². The highest BCUT2D eigenvalue weighted by atomic mass is 16.3. The van der Waals surface area contributed by atoms with Gasteiger partial charge in [-0.05, 0) is 44.9 Å². The molecule has 1 amide bonds. The van der Waals surface area contributed by atoms with Crippen molar-refractivity contribution in [1.82, 2.24) is 5.32 Å². The zero-order valence-electron chi connectivity index (χ0n) is 39.9. The number of hydrogen-bond acceptors (Lipinski definition) is 4. The number of hydrogen-bond donors (Lipinski definition) is 4. The van der Waals surface area contributed by atoms with Crippen LogP contribution in [0.5, 0.6) is 0 Å². The van der Waals surface area contributed by atoms with Gasteiger partial charge in [0.05, 0.1) is 31.3 Å². The largest absolute Gasteiger partial charge is 0.394 e. The molecular weight excluding hydrogens is 727 g/mol. The number of carbonyl (C=O) groups excluding carboxylic acids is 1. The molecule has 0 aliphatic carbocycles. The van der Waals surface area contributed by atoms with Crippen molar-refractivity contribution in [2.45, 2.75) is 308 Å². The summed E-state index contributed by atoms with van der Waals surface area (Å²) >= 11 is 0. The van der Waals surface area contributed by atoms with Crippen molar-refractivity contribution in [2.75, 3.05) is 6.61 Å². The first-order valence-corrected chi connectivity index (χ1v) is 26.6. The molecule has 5 heteroatoms. The minimum atomic E-state index is -0.746. The lowest BCUT2D eigenvalue weighted by Gasteiger charge is -2.23. The summed E-state index contributed by atoms with van der Waals surface area (Å²) in [7, 11) is 0. The van der Waals surface area contributed by atoms with Crippen LogP contribution in [0.15, 0.2) is 24.3 Å². The second-order valence-electron chi connectivity index (χ2n) is 18.5. The van der Waals surface area contributed by atoms with E-state index in [1.807, 2.05) is 0 Å². The van der Waals surface area contributed by atoms with Crippen LogP contribution in [0, 0.1) is 0 Å². The number of unbranched alkanes of at least 4 members (excludes halogenated alkanes) is 36. The molecule has 0 saturated carbocycles. The Hall–Kier alpha value is -1.17. The topological polar surface area (TPSA) is 89.8 Å². The Balaban J connectivity index is 3.47. The van der Waals surface area contributed by atoms with E-state index in [2.05, 4.69) is 43.5 Å². The number of allylic oxidation sites excluding steroid dienone is 4. The Morgan fingerprint density at radius 3 is 1.07 bits per heavy atom. The molecule has 0 aliphatic rings. The molecule has 4 N–H and O–H groups in total. The Morgan fingerprint density at radius 1 is 0.424 bits per heavy atom. The van der Waals surface area contributed by atoms with E-state index in [1.54, 1.807) is 0 Å². The first-order chi connectivity index (χ1) is 29.0. The Morgan fingerprint density at radius 2 is 0.729 bits per heavy atom. The van der Waals surface area contributed by atoms with Gasteiger partial charge in [0.1, 0.15) is 0 Å². The van der Waals surface area contributed by atoms with Crippen LogP contribution in [0.1, 0.15) is 290 Å². The van der Waals surface area contributed by atoms with Crippen LogP contribution >= 0.6 is 0 Å². The molecule has 350 valence electrons. The van der Waals surface area contributed by atoms with Gasteiger partial charge >= 0.3 is 0 Å². The van der Waals surface area contributed by atoms with Crippen LogP contribution in [0.3, 0.4) is 0 Å². The molecule has 0 rings (SSSR count). The molecule has 3 atom stereocenters. The SMILES string of the molecule is CCCCCCCCCCCCC/C=C\C/C=C\CCCCCCCCCCCCCCCCCC(O)CC(=O)NC(CO)C(O)CCCCCCCCCCCCC. The molecular formula is C54H105NO4. The number of nitrogens with one attached hydrogen (secondary N) is 1. The Labute approximate surface area is 369 Å². The van der Waals surface area contributed by atoms with Crippen LogP contribution in [0.2, 0.25) is 0 Å². The summed E-state index contributed by atoms with van der Waals surface area (Å²) in [4.78, 5) is 12.5. The highest BCUT2D eigenvalue weighted by Gasteiger charge is 2.21. The Kier molecular flexibility index (Phi) is 48.5. The maximum absolute atomic E-state index is 12.5. The second kappa shape index (κ2) is 49.5. The summed E-state index contributed by atoms with van der Waals surface area (Å²) in [6, 6.07) is -0.655. The fourth-order valence-corrected chi connectivity index (χ4v) is 8.44. The molecule has 0 aromatic rings. The number of aliphatic hydroxyl groups is 3. The van der Waals surface area contributed by atoms with E-state index in [-0.39, 0.29) is 18.9 Å². The van der Waals surface area contributed by atoms with Gasteiger partial charge in [0.2, 0.25) is 5.91 Å². The van der Waals surface area contributed by atoms with E-state index < -0.39 is 18.2 Å². The van der Waals surface area contributed by atoms with Gasteiger partial charge in [0, 0.05) is 0 Å². The van der Waals surface area contributed by atoms with Crippen molar-refractivity contribution in [3.63, 3.8) is 0 Å². The molecule has 0 bridgehead atoms. The van der Waals surface area contributed by atoms with Crippen molar-refractivity contribution in [3.05, 3.63) is 24.3 Å². The number of rotatable bonds is 49. The lowest BCUT2D eigenvalue weighted by molar-refractivity contribution is -0.125. The summed E-state index contributed by atoms with van der Waals surface area (Å²) in [5.74, 6) is -0.281. The normalized spacial score (nSPS) is 13.5. The molecule has 0 radical (unpaired) electrons. The van der Waals surface area contributed by atoms with Gasteiger partial charge < -0.3 is 20.6 Å². The van der Waals surface area contributed by atoms with Gasteiger partial charge in [0.25, 0.3) is 0 Å². The van der Waals surface area contributed by atoms with E-state index >= 15 is 0 Å².